The molecule has 1 aliphatic heterocycles. The summed E-state index contributed by atoms with van der Waals surface area (Å²) < 4.78 is 31.9. The topological polar surface area (TPSA) is 84.5 Å². The molecule has 4 aromatic rings. The Kier molecular flexibility index (Phi) is 7.33. The number of nitrogens with zero attached hydrogens (tertiary/aromatic N) is 3. The highest BCUT2D eigenvalue weighted by Crippen LogP contribution is 2.40. The van der Waals surface area contributed by atoms with Crippen molar-refractivity contribution in [3.63, 3.8) is 0 Å². The van der Waals surface area contributed by atoms with E-state index in [9.17, 15) is 23.9 Å². The minimum Gasteiger partial charge on any atom is -0.507 e. The fraction of sp³-hybridized carbons (Fsp3) is 0.258. The number of aromatic nitrogens is 2. The molecule has 41 heavy (non-hydrogen) atoms. The molecule has 0 atom stereocenters. The molecule has 10 heteroatoms. The number of hydrogen-bond acceptors (Lipinski definition) is 4. The largest absolute Gasteiger partial charge is 0.507 e. The summed E-state index contributed by atoms with van der Waals surface area (Å²) in [5, 5.41) is 10.4. The average molecular weight is 580 g/mol. The molecule has 1 saturated heterocycles. The lowest BCUT2D eigenvalue weighted by Gasteiger charge is -2.39. The maximum absolute atomic E-state index is 15.0. The SMILES string of the molecule is C=CC(=O)N1CC(Cn2c(=O)c(=O)n(-c3c(C)cccc3C(C)C)c3cc(-c4c(O)ccc(F)c4F)c(Cl)cc32)C1. The van der Waals surface area contributed by atoms with Gasteiger partial charge in [0.05, 0.1) is 27.3 Å². The molecule has 1 amide bonds. The van der Waals surface area contributed by atoms with E-state index in [0.29, 0.717) is 24.3 Å². The predicted octanol–water partition coefficient (Wildman–Crippen LogP) is 5.53. The quantitative estimate of drug-likeness (QED) is 0.240. The second-order valence-corrected chi connectivity index (χ2v) is 11.0. The zero-order chi connectivity index (χ0) is 29.7. The maximum atomic E-state index is 15.0. The van der Waals surface area contributed by atoms with Crippen molar-refractivity contribution >= 4 is 28.5 Å². The highest BCUT2D eigenvalue weighted by atomic mass is 35.5. The standard InChI is InChI=1S/C31H28ClF2N3O4/c1-5-26(39)35-13-18(14-35)15-36-23-12-21(32)20(27-25(38)10-9-22(33)28(27)34)11-24(23)37(31(41)30(36)40)29-17(4)7-6-8-19(29)16(2)3/h5-12,16,18,38H,1,13-15H2,2-4H3. The van der Waals surface area contributed by atoms with Crippen molar-refractivity contribution in [1.82, 2.24) is 14.0 Å². The molecule has 3 aromatic carbocycles. The number of phenolic OH excluding ortho intramolecular Hbond substituents is 1. The van der Waals surface area contributed by atoms with Crippen LogP contribution in [0.4, 0.5) is 8.78 Å². The molecule has 1 N–H and O–H groups in total. The number of benzene rings is 3. The Hall–Kier alpha value is -4.24. The van der Waals surface area contributed by atoms with Crippen molar-refractivity contribution in [2.24, 2.45) is 5.92 Å². The fourth-order valence-corrected chi connectivity index (χ4v) is 5.73. The second kappa shape index (κ2) is 10.6. The van der Waals surface area contributed by atoms with Crippen LogP contribution in [0.2, 0.25) is 5.02 Å². The Labute approximate surface area is 239 Å². The summed E-state index contributed by atoms with van der Waals surface area (Å²) in [4.78, 5) is 41.1. The maximum Gasteiger partial charge on any atom is 0.321 e. The molecule has 2 heterocycles. The number of amides is 1. The lowest BCUT2D eigenvalue weighted by Crippen LogP contribution is -2.52. The molecule has 1 fully saturated rings. The summed E-state index contributed by atoms with van der Waals surface area (Å²) in [6.07, 6.45) is 1.22. The lowest BCUT2D eigenvalue weighted by atomic mass is 9.97. The van der Waals surface area contributed by atoms with Crippen molar-refractivity contribution in [2.45, 2.75) is 33.2 Å². The predicted molar refractivity (Wildman–Crippen MR) is 155 cm³/mol. The highest BCUT2D eigenvalue weighted by molar-refractivity contribution is 6.34. The molecule has 0 radical (unpaired) electrons. The van der Waals surface area contributed by atoms with Crippen molar-refractivity contribution in [1.29, 1.82) is 0 Å². The van der Waals surface area contributed by atoms with E-state index in [1.165, 1.54) is 27.3 Å². The van der Waals surface area contributed by atoms with Crippen LogP contribution in [0.25, 0.3) is 27.8 Å². The molecule has 7 nitrogen and oxygen atoms in total. The van der Waals surface area contributed by atoms with Gasteiger partial charge in [0.2, 0.25) is 5.91 Å². The molecule has 1 aromatic heterocycles. The van der Waals surface area contributed by atoms with Crippen LogP contribution < -0.4 is 11.1 Å². The van der Waals surface area contributed by atoms with Crippen LogP contribution in [0.3, 0.4) is 0 Å². The number of rotatable bonds is 6. The molecule has 212 valence electrons. The van der Waals surface area contributed by atoms with Gasteiger partial charge in [-0.05, 0) is 54.3 Å². The molecule has 0 saturated carbocycles. The van der Waals surface area contributed by atoms with E-state index in [1.807, 2.05) is 39.0 Å². The van der Waals surface area contributed by atoms with Gasteiger partial charge in [0, 0.05) is 31.1 Å². The Morgan fingerprint density at radius 2 is 1.83 bits per heavy atom. The summed E-state index contributed by atoms with van der Waals surface area (Å²) in [6, 6.07) is 10.2. The summed E-state index contributed by atoms with van der Waals surface area (Å²) in [5.74, 6) is -3.36. The van der Waals surface area contributed by atoms with Gasteiger partial charge in [-0.15, -0.1) is 0 Å². The molecule has 1 aliphatic rings. The lowest BCUT2D eigenvalue weighted by molar-refractivity contribution is -0.132. The number of carbonyl (C=O) groups is 1. The third-order valence-electron chi connectivity index (χ3n) is 7.57. The van der Waals surface area contributed by atoms with E-state index in [-0.39, 0.29) is 40.4 Å². The van der Waals surface area contributed by atoms with Gasteiger partial charge >= 0.3 is 11.1 Å². The van der Waals surface area contributed by atoms with Crippen LogP contribution in [-0.2, 0) is 11.3 Å². The highest BCUT2D eigenvalue weighted by Gasteiger charge is 2.31. The van der Waals surface area contributed by atoms with Crippen molar-refractivity contribution in [3.8, 4) is 22.6 Å². The van der Waals surface area contributed by atoms with E-state index in [2.05, 4.69) is 6.58 Å². The van der Waals surface area contributed by atoms with E-state index < -0.39 is 34.1 Å². The molecular weight excluding hydrogens is 552 g/mol. The minimum atomic E-state index is -1.30. The third-order valence-corrected chi connectivity index (χ3v) is 7.88. The van der Waals surface area contributed by atoms with Gasteiger partial charge in [-0.1, -0.05) is 50.2 Å². The average Bonchev–Trinajstić information content (AvgIpc) is 2.91. The monoisotopic (exact) mass is 579 g/mol. The van der Waals surface area contributed by atoms with Crippen molar-refractivity contribution in [3.05, 3.63) is 104 Å². The number of phenols is 1. The molecular formula is C31H28ClF2N3O4. The van der Waals surface area contributed by atoms with Gasteiger partial charge in [0.15, 0.2) is 11.6 Å². The van der Waals surface area contributed by atoms with E-state index in [4.69, 9.17) is 11.6 Å². The van der Waals surface area contributed by atoms with Gasteiger partial charge in [0.1, 0.15) is 5.75 Å². The number of likely N-dealkylation sites (tertiary alicyclic amines) is 1. The second-order valence-electron chi connectivity index (χ2n) is 10.6. The number of para-hydroxylation sites is 1. The van der Waals surface area contributed by atoms with Crippen LogP contribution >= 0.6 is 11.6 Å². The first-order valence-corrected chi connectivity index (χ1v) is 13.5. The molecule has 0 spiro atoms. The number of fused-ring (bicyclic) bond motifs is 1. The van der Waals surface area contributed by atoms with Crippen molar-refractivity contribution < 1.29 is 18.7 Å². The number of hydrogen-bond donors (Lipinski definition) is 1. The van der Waals surface area contributed by atoms with Crippen LogP contribution in [0.5, 0.6) is 5.75 Å². The molecule has 5 rings (SSSR count). The summed E-state index contributed by atoms with van der Waals surface area (Å²) in [6.45, 7) is 10.1. The Morgan fingerprint density at radius 1 is 1.12 bits per heavy atom. The first kappa shape index (κ1) is 28.3. The number of carbonyl (C=O) groups excluding carboxylic acids is 1. The normalized spacial score (nSPS) is 13.6. The summed E-state index contributed by atoms with van der Waals surface area (Å²) in [7, 11) is 0. The molecule has 0 aliphatic carbocycles. The summed E-state index contributed by atoms with van der Waals surface area (Å²) >= 11 is 6.61. The zero-order valence-electron chi connectivity index (χ0n) is 22.7. The Bertz CT molecular complexity index is 1860. The Morgan fingerprint density at radius 3 is 2.49 bits per heavy atom. The van der Waals surface area contributed by atoms with Crippen LogP contribution in [0, 0.1) is 24.5 Å². The molecule has 0 bridgehead atoms. The minimum absolute atomic E-state index is 0.0193. The number of aryl methyl sites for hydroxylation is 1. The third kappa shape index (κ3) is 4.74. The summed E-state index contributed by atoms with van der Waals surface area (Å²) in [5.41, 5.74) is 0.447. The van der Waals surface area contributed by atoms with Gasteiger partial charge in [-0.2, -0.15) is 0 Å². The van der Waals surface area contributed by atoms with E-state index in [0.717, 1.165) is 23.3 Å². The first-order valence-electron chi connectivity index (χ1n) is 13.1. The van der Waals surface area contributed by atoms with Crippen LogP contribution in [-0.4, -0.2) is 38.1 Å². The Balaban J connectivity index is 1.84. The first-order chi connectivity index (χ1) is 19.4. The fourth-order valence-electron chi connectivity index (χ4n) is 5.47. The van der Waals surface area contributed by atoms with Gasteiger partial charge in [-0.25, -0.2) is 8.78 Å². The van der Waals surface area contributed by atoms with Gasteiger partial charge in [-0.3, -0.25) is 19.0 Å². The molecule has 0 unspecified atom stereocenters. The van der Waals surface area contributed by atoms with E-state index >= 15 is 4.39 Å². The van der Waals surface area contributed by atoms with Crippen LogP contribution in [0.15, 0.2) is 64.7 Å². The van der Waals surface area contributed by atoms with Crippen molar-refractivity contribution in [2.75, 3.05) is 13.1 Å². The number of halogens is 3. The zero-order valence-corrected chi connectivity index (χ0v) is 23.5. The van der Waals surface area contributed by atoms with Gasteiger partial charge in [0.25, 0.3) is 0 Å². The van der Waals surface area contributed by atoms with E-state index in [1.54, 1.807) is 4.90 Å². The smallest absolute Gasteiger partial charge is 0.321 e. The van der Waals surface area contributed by atoms with Gasteiger partial charge < -0.3 is 14.6 Å². The van der Waals surface area contributed by atoms with Crippen LogP contribution in [0.1, 0.15) is 30.9 Å². The number of aromatic hydroxyl groups is 1.